The highest BCUT2D eigenvalue weighted by Crippen LogP contribution is 2.30. The van der Waals surface area contributed by atoms with Crippen molar-refractivity contribution in [3.63, 3.8) is 0 Å². The van der Waals surface area contributed by atoms with Crippen LogP contribution in [0.2, 0.25) is 0 Å². The van der Waals surface area contributed by atoms with Gasteiger partial charge in [-0.1, -0.05) is 12.8 Å². The molecular formula is C13H20N6. The predicted molar refractivity (Wildman–Crippen MR) is 74.0 cm³/mol. The van der Waals surface area contributed by atoms with Crippen molar-refractivity contribution in [2.24, 2.45) is 11.7 Å². The van der Waals surface area contributed by atoms with Crippen molar-refractivity contribution in [3.8, 4) is 0 Å². The average Bonchev–Trinajstić information content (AvgIpc) is 2.94. The largest absolute Gasteiger partial charge is 0.353 e. The van der Waals surface area contributed by atoms with Gasteiger partial charge in [0.1, 0.15) is 6.33 Å². The van der Waals surface area contributed by atoms with Crippen LogP contribution >= 0.6 is 0 Å². The number of rotatable bonds is 3. The molecule has 0 spiro atoms. The number of hydrogen-bond acceptors (Lipinski definition) is 5. The molecule has 2 N–H and O–H groups in total. The van der Waals surface area contributed by atoms with E-state index in [2.05, 4.69) is 27.1 Å². The second-order valence-electron chi connectivity index (χ2n) is 5.27. The summed E-state index contributed by atoms with van der Waals surface area (Å²) in [6.45, 7) is 0.741. The number of nitrogens with two attached hydrogens (primary N) is 1. The van der Waals surface area contributed by atoms with Gasteiger partial charge in [-0.25, -0.2) is 4.98 Å². The molecule has 2 aromatic heterocycles. The van der Waals surface area contributed by atoms with Gasteiger partial charge < -0.3 is 10.6 Å². The van der Waals surface area contributed by atoms with E-state index in [1.807, 2.05) is 10.6 Å². The molecule has 0 aromatic carbocycles. The summed E-state index contributed by atoms with van der Waals surface area (Å²) in [5, 5.41) is 8.11. The quantitative estimate of drug-likeness (QED) is 0.894. The number of aromatic nitrogens is 4. The number of fused-ring (bicyclic) bond motifs is 1. The van der Waals surface area contributed by atoms with Crippen molar-refractivity contribution in [2.75, 3.05) is 18.5 Å². The third-order valence-corrected chi connectivity index (χ3v) is 4.20. The Morgan fingerprint density at radius 1 is 1.42 bits per heavy atom. The smallest absolute Gasteiger partial charge is 0.203 e. The Bertz CT molecular complexity index is 551. The highest BCUT2D eigenvalue weighted by Gasteiger charge is 2.29. The van der Waals surface area contributed by atoms with Gasteiger partial charge in [-0.2, -0.15) is 0 Å². The summed E-state index contributed by atoms with van der Waals surface area (Å²) in [5.41, 5.74) is 6.73. The van der Waals surface area contributed by atoms with Gasteiger partial charge in [0, 0.05) is 25.5 Å². The van der Waals surface area contributed by atoms with Gasteiger partial charge in [-0.15, -0.1) is 10.2 Å². The number of nitrogens with zero attached hydrogens (tertiary/aromatic N) is 5. The fourth-order valence-electron chi connectivity index (χ4n) is 3.12. The number of hydrogen-bond donors (Lipinski definition) is 1. The molecule has 3 rings (SSSR count). The maximum absolute atomic E-state index is 5.92. The normalized spacial score (nSPS) is 23.7. The van der Waals surface area contributed by atoms with E-state index < -0.39 is 0 Å². The molecule has 2 atom stereocenters. The van der Waals surface area contributed by atoms with Crippen LogP contribution in [0.4, 0.5) is 5.82 Å². The summed E-state index contributed by atoms with van der Waals surface area (Å²) in [5.74, 6) is 1.44. The molecule has 0 amide bonds. The zero-order valence-corrected chi connectivity index (χ0v) is 11.2. The van der Waals surface area contributed by atoms with E-state index in [0.717, 1.165) is 18.0 Å². The Labute approximate surface area is 112 Å². The molecule has 6 heteroatoms. The van der Waals surface area contributed by atoms with Gasteiger partial charge in [0.05, 0.1) is 0 Å². The van der Waals surface area contributed by atoms with E-state index in [1.165, 1.54) is 25.7 Å². The maximum atomic E-state index is 5.92. The Morgan fingerprint density at radius 3 is 3.11 bits per heavy atom. The van der Waals surface area contributed by atoms with Crippen molar-refractivity contribution in [2.45, 2.75) is 31.7 Å². The summed E-state index contributed by atoms with van der Waals surface area (Å²) in [6.07, 6.45) is 10.3. The molecular weight excluding hydrogens is 240 g/mol. The molecule has 0 saturated heterocycles. The molecule has 1 saturated carbocycles. The Kier molecular flexibility index (Phi) is 3.33. The maximum Gasteiger partial charge on any atom is 0.203 e. The van der Waals surface area contributed by atoms with Crippen molar-refractivity contribution in [1.29, 1.82) is 0 Å². The molecule has 6 nitrogen and oxygen atoms in total. The SMILES string of the molecule is CN(c1nccn2cnnc12)C1CCCCC1CN. The van der Waals surface area contributed by atoms with Crippen molar-refractivity contribution < 1.29 is 0 Å². The summed E-state index contributed by atoms with van der Waals surface area (Å²) in [6, 6.07) is 0.453. The first kappa shape index (κ1) is 12.3. The zero-order valence-electron chi connectivity index (χ0n) is 11.2. The summed E-state index contributed by atoms with van der Waals surface area (Å²) >= 11 is 0. The molecule has 1 fully saturated rings. The van der Waals surface area contributed by atoms with E-state index in [9.17, 15) is 0 Å². The molecule has 2 aromatic rings. The standard InChI is InChI=1S/C13H20N6/c1-18(11-5-3-2-4-10(11)8-14)12-13-17-16-9-19(13)7-6-15-12/h6-7,9-11H,2-5,8,14H2,1H3. The van der Waals surface area contributed by atoms with E-state index in [4.69, 9.17) is 5.73 Å². The van der Waals surface area contributed by atoms with Crippen molar-refractivity contribution >= 4 is 11.5 Å². The van der Waals surface area contributed by atoms with Gasteiger partial charge in [-0.3, -0.25) is 4.40 Å². The van der Waals surface area contributed by atoms with Crippen LogP contribution in [0.15, 0.2) is 18.7 Å². The summed E-state index contributed by atoms with van der Waals surface area (Å²) in [7, 11) is 2.09. The lowest BCUT2D eigenvalue weighted by atomic mass is 9.84. The van der Waals surface area contributed by atoms with E-state index in [1.54, 1.807) is 12.5 Å². The Morgan fingerprint density at radius 2 is 2.26 bits per heavy atom. The molecule has 1 aliphatic rings. The van der Waals surface area contributed by atoms with Crippen LogP contribution in [0.1, 0.15) is 25.7 Å². The molecule has 0 aliphatic heterocycles. The molecule has 19 heavy (non-hydrogen) atoms. The van der Waals surface area contributed by atoms with Gasteiger partial charge >= 0.3 is 0 Å². The molecule has 102 valence electrons. The minimum atomic E-state index is 0.453. The molecule has 0 bridgehead atoms. The first-order valence-electron chi connectivity index (χ1n) is 6.88. The Hall–Kier alpha value is -1.69. The van der Waals surface area contributed by atoms with E-state index in [0.29, 0.717) is 12.0 Å². The Balaban J connectivity index is 1.94. The van der Waals surface area contributed by atoms with Crippen molar-refractivity contribution in [1.82, 2.24) is 19.6 Å². The second-order valence-corrected chi connectivity index (χ2v) is 5.27. The van der Waals surface area contributed by atoms with Gasteiger partial charge in [-0.05, 0) is 25.3 Å². The lowest BCUT2D eigenvalue weighted by Crippen LogP contribution is -2.43. The third kappa shape index (κ3) is 2.16. The topological polar surface area (TPSA) is 72.3 Å². The molecule has 2 heterocycles. The number of anilines is 1. The minimum Gasteiger partial charge on any atom is -0.353 e. The van der Waals surface area contributed by atoms with Crippen LogP contribution in [0, 0.1) is 5.92 Å². The molecule has 0 radical (unpaired) electrons. The van der Waals surface area contributed by atoms with Crippen LogP contribution in [-0.2, 0) is 0 Å². The minimum absolute atomic E-state index is 0.453. The first-order chi connectivity index (χ1) is 9.31. The summed E-state index contributed by atoms with van der Waals surface area (Å²) in [4.78, 5) is 6.72. The van der Waals surface area contributed by atoms with Crippen LogP contribution in [0.3, 0.4) is 0 Å². The van der Waals surface area contributed by atoms with E-state index in [-0.39, 0.29) is 0 Å². The van der Waals surface area contributed by atoms with Crippen LogP contribution in [0.5, 0.6) is 0 Å². The molecule has 2 unspecified atom stereocenters. The second kappa shape index (κ2) is 5.13. The third-order valence-electron chi connectivity index (χ3n) is 4.20. The highest BCUT2D eigenvalue weighted by molar-refractivity contribution is 5.63. The monoisotopic (exact) mass is 260 g/mol. The fourth-order valence-corrected chi connectivity index (χ4v) is 3.12. The molecule has 1 aliphatic carbocycles. The average molecular weight is 260 g/mol. The van der Waals surface area contributed by atoms with Crippen LogP contribution in [-0.4, -0.2) is 39.2 Å². The van der Waals surface area contributed by atoms with Crippen molar-refractivity contribution in [3.05, 3.63) is 18.7 Å². The lowest BCUT2D eigenvalue weighted by Gasteiger charge is -2.38. The van der Waals surface area contributed by atoms with Gasteiger partial charge in [0.15, 0.2) is 5.82 Å². The zero-order chi connectivity index (χ0) is 13.2. The van der Waals surface area contributed by atoms with Crippen LogP contribution < -0.4 is 10.6 Å². The lowest BCUT2D eigenvalue weighted by molar-refractivity contribution is 0.306. The highest BCUT2D eigenvalue weighted by atomic mass is 15.3. The van der Waals surface area contributed by atoms with Crippen LogP contribution in [0.25, 0.3) is 5.65 Å². The van der Waals surface area contributed by atoms with E-state index >= 15 is 0 Å². The van der Waals surface area contributed by atoms with Gasteiger partial charge in [0.25, 0.3) is 0 Å². The predicted octanol–water partition coefficient (Wildman–Crippen LogP) is 1.08. The fraction of sp³-hybridized carbons (Fsp3) is 0.615. The summed E-state index contributed by atoms with van der Waals surface area (Å²) < 4.78 is 1.90. The first-order valence-corrected chi connectivity index (χ1v) is 6.88. The van der Waals surface area contributed by atoms with Gasteiger partial charge in [0.2, 0.25) is 5.65 Å².